The number of amides is 2. The van der Waals surface area contributed by atoms with E-state index in [1.165, 1.54) is 12.1 Å². The van der Waals surface area contributed by atoms with Gasteiger partial charge in [-0.2, -0.15) is 0 Å². The summed E-state index contributed by atoms with van der Waals surface area (Å²) in [5.41, 5.74) is 1.92. The summed E-state index contributed by atoms with van der Waals surface area (Å²) in [6.07, 6.45) is 2.10. The van der Waals surface area contributed by atoms with Crippen LogP contribution in [0.2, 0.25) is 0 Å². The van der Waals surface area contributed by atoms with Gasteiger partial charge in [0, 0.05) is 30.8 Å². The number of rotatable bonds is 4. The first-order valence-electron chi connectivity index (χ1n) is 8.05. The fourth-order valence-corrected chi connectivity index (χ4v) is 2.75. The summed E-state index contributed by atoms with van der Waals surface area (Å²) in [6.45, 7) is 1.94. The van der Waals surface area contributed by atoms with Crippen molar-refractivity contribution in [3.8, 4) is 0 Å². The molecule has 1 saturated heterocycles. The number of halogens is 1. The number of hydrogen-bond donors (Lipinski definition) is 1. The second-order valence-corrected chi connectivity index (χ2v) is 5.89. The zero-order valence-electron chi connectivity index (χ0n) is 13.3. The molecule has 2 aromatic carbocycles. The Hall–Kier alpha value is -2.69. The molecule has 0 unspecified atom stereocenters. The number of carbonyl (C=O) groups excluding carboxylic acids is 2. The highest BCUT2D eigenvalue weighted by molar-refractivity contribution is 5.97. The quantitative estimate of drug-likeness (QED) is 0.939. The Morgan fingerprint density at radius 3 is 2.12 bits per heavy atom. The van der Waals surface area contributed by atoms with Gasteiger partial charge in [-0.1, -0.05) is 12.1 Å². The minimum Gasteiger partial charge on any atom is -0.348 e. The Kier molecular flexibility index (Phi) is 4.89. The number of benzene rings is 2. The van der Waals surface area contributed by atoms with Crippen LogP contribution in [0.25, 0.3) is 0 Å². The molecule has 0 aliphatic carbocycles. The Morgan fingerprint density at radius 2 is 1.50 bits per heavy atom. The molecule has 1 aliphatic rings. The lowest BCUT2D eigenvalue weighted by atomic mass is 10.1. The molecule has 2 amide bonds. The first-order chi connectivity index (χ1) is 11.6. The number of carbonyl (C=O) groups is 2. The van der Waals surface area contributed by atoms with Crippen LogP contribution in [0.3, 0.4) is 0 Å². The molecular formula is C19H19FN2O2. The van der Waals surface area contributed by atoms with Gasteiger partial charge in [0.05, 0.1) is 0 Å². The minimum absolute atomic E-state index is 0.0192. The van der Waals surface area contributed by atoms with Gasteiger partial charge >= 0.3 is 0 Å². The molecule has 124 valence electrons. The van der Waals surface area contributed by atoms with E-state index in [1.807, 2.05) is 4.90 Å². The zero-order valence-corrected chi connectivity index (χ0v) is 13.3. The summed E-state index contributed by atoms with van der Waals surface area (Å²) in [7, 11) is 0. The maximum absolute atomic E-state index is 12.8. The molecule has 0 saturated carbocycles. The Balaban J connectivity index is 1.59. The van der Waals surface area contributed by atoms with E-state index in [-0.39, 0.29) is 17.6 Å². The van der Waals surface area contributed by atoms with Crippen molar-refractivity contribution in [2.24, 2.45) is 0 Å². The Labute approximate surface area is 140 Å². The first-order valence-corrected chi connectivity index (χ1v) is 8.05. The monoisotopic (exact) mass is 326 g/mol. The molecule has 4 nitrogen and oxygen atoms in total. The predicted molar refractivity (Wildman–Crippen MR) is 89.1 cm³/mol. The highest BCUT2D eigenvalue weighted by Gasteiger charge is 2.19. The van der Waals surface area contributed by atoms with Crippen LogP contribution < -0.4 is 5.32 Å². The maximum Gasteiger partial charge on any atom is 0.253 e. The van der Waals surface area contributed by atoms with Crippen molar-refractivity contribution in [1.29, 1.82) is 0 Å². The van der Waals surface area contributed by atoms with Crippen LogP contribution in [-0.4, -0.2) is 29.8 Å². The third-order valence-corrected chi connectivity index (χ3v) is 4.15. The average molecular weight is 326 g/mol. The van der Waals surface area contributed by atoms with E-state index in [1.54, 1.807) is 36.4 Å². The highest BCUT2D eigenvalue weighted by atomic mass is 19.1. The van der Waals surface area contributed by atoms with Gasteiger partial charge < -0.3 is 10.2 Å². The second kappa shape index (κ2) is 7.25. The molecule has 1 fully saturated rings. The number of hydrogen-bond acceptors (Lipinski definition) is 2. The van der Waals surface area contributed by atoms with Crippen LogP contribution in [0.15, 0.2) is 48.5 Å². The fraction of sp³-hybridized carbons (Fsp3) is 0.263. The van der Waals surface area contributed by atoms with Crippen LogP contribution in [0.1, 0.15) is 39.1 Å². The molecule has 1 heterocycles. The van der Waals surface area contributed by atoms with Crippen molar-refractivity contribution in [1.82, 2.24) is 10.2 Å². The van der Waals surface area contributed by atoms with E-state index in [4.69, 9.17) is 0 Å². The molecule has 3 rings (SSSR count). The Morgan fingerprint density at radius 1 is 0.917 bits per heavy atom. The molecule has 24 heavy (non-hydrogen) atoms. The van der Waals surface area contributed by atoms with E-state index >= 15 is 0 Å². The van der Waals surface area contributed by atoms with Gasteiger partial charge in [0.25, 0.3) is 11.8 Å². The van der Waals surface area contributed by atoms with Gasteiger partial charge in [-0.05, 0) is 54.8 Å². The molecule has 0 spiro atoms. The van der Waals surface area contributed by atoms with Crippen molar-refractivity contribution in [3.63, 3.8) is 0 Å². The lowest BCUT2D eigenvalue weighted by Crippen LogP contribution is -2.27. The van der Waals surface area contributed by atoms with Crippen molar-refractivity contribution in [2.75, 3.05) is 13.1 Å². The molecule has 1 aliphatic heterocycles. The third-order valence-electron chi connectivity index (χ3n) is 4.15. The summed E-state index contributed by atoms with van der Waals surface area (Å²) in [4.78, 5) is 26.2. The van der Waals surface area contributed by atoms with Crippen LogP contribution in [-0.2, 0) is 6.54 Å². The van der Waals surface area contributed by atoms with E-state index in [2.05, 4.69) is 5.32 Å². The third kappa shape index (κ3) is 3.79. The van der Waals surface area contributed by atoms with Crippen molar-refractivity contribution < 1.29 is 14.0 Å². The topological polar surface area (TPSA) is 49.4 Å². The van der Waals surface area contributed by atoms with Crippen LogP contribution in [0.5, 0.6) is 0 Å². The second-order valence-electron chi connectivity index (χ2n) is 5.89. The molecule has 2 aromatic rings. The summed E-state index contributed by atoms with van der Waals surface area (Å²) in [6, 6.07) is 12.7. The minimum atomic E-state index is -0.302. The first kappa shape index (κ1) is 16.2. The molecule has 1 N–H and O–H groups in total. The predicted octanol–water partition coefficient (Wildman–Crippen LogP) is 2.99. The smallest absolute Gasteiger partial charge is 0.253 e. The van der Waals surface area contributed by atoms with Crippen LogP contribution in [0.4, 0.5) is 4.39 Å². The molecule has 0 aromatic heterocycles. The largest absolute Gasteiger partial charge is 0.348 e. The van der Waals surface area contributed by atoms with Gasteiger partial charge in [-0.25, -0.2) is 4.39 Å². The van der Waals surface area contributed by atoms with Crippen molar-refractivity contribution in [3.05, 3.63) is 71.0 Å². The molecule has 0 bridgehead atoms. The van der Waals surface area contributed by atoms with E-state index in [0.717, 1.165) is 31.5 Å². The number of likely N-dealkylation sites (tertiary alicyclic amines) is 1. The fourth-order valence-electron chi connectivity index (χ4n) is 2.75. The molecule has 0 atom stereocenters. The average Bonchev–Trinajstić information content (AvgIpc) is 3.15. The molecule has 0 radical (unpaired) electrons. The van der Waals surface area contributed by atoms with Gasteiger partial charge in [-0.3, -0.25) is 9.59 Å². The standard InChI is InChI=1S/C19H19FN2O2/c20-17-9-3-14(4-10-17)13-21-18(23)15-5-7-16(8-6-15)19(24)22-11-1-2-12-22/h3-10H,1-2,11-13H2,(H,21,23). The van der Waals surface area contributed by atoms with Crippen LogP contribution in [0, 0.1) is 5.82 Å². The van der Waals surface area contributed by atoms with E-state index < -0.39 is 0 Å². The summed E-state index contributed by atoms with van der Waals surface area (Å²) >= 11 is 0. The zero-order chi connectivity index (χ0) is 16.9. The van der Waals surface area contributed by atoms with E-state index in [0.29, 0.717) is 17.7 Å². The van der Waals surface area contributed by atoms with Crippen molar-refractivity contribution >= 4 is 11.8 Å². The summed E-state index contributed by atoms with van der Waals surface area (Å²) in [5, 5.41) is 2.78. The van der Waals surface area contributed by atoms with Gasteiger partial charge in [0.2, 0.25) is 0 Å². The summed E-state index contributed by atoms with van der Waals surface area (Å²) < 4.78 is 12.8. The molecular weight excluding hydrogens is 307 g/mol. The highest BCUT2D eigenvalue weighted by Crippen LogP contribution is 2.13. The van der Waals surface area contributed by atoms with Crippen molar-refractivity contribution in [2.45, 2.75) is 19.4 Å². The van der Waals surface area contributed by atoms with Crippen LogP contribution >= 0.6 is 0 Å². The lowest BCUT2D eigenvalue weighted by molar-refractivity contribution is 0.0792. The maximum atomic E-state index is 12.8. The van der Waals surface area contributed by atoms with Gasteiger partial charge in [0.15, 0.2) is 0 Å². The number of nitrogens with one attached hydrogen (secondary N) is 1. The van der Waals surface area contributed by atoms with Gasteiger partial charge in [-0.15, -0.1) is 0 Å². The normalized spacial score (nSPS) is 13.8. The SMILES string of the molecule is O=C(NCc1ccc(F)cc1)c1ccc(C(=O)N2CCCC2)cc1. The summed E-state index contributed by atoms with van der Waals surface area (Å²) in [5.74, 6) is -0.506. The Bertz CT molecular complexity index is 720. The number of nitrogens with zero attached hydrogens (tertiary/aromatic N) is 1. The lowest BCUT2D eigenvalue weighted by Gasteiger charge is -2.15. The van der Waals surface area contributed by atoms with E-state index in [9.17, 15) is 14.0 Å². The van der Waals surface area contributed by atoms with Gasteiger partial charge in [0.1, 0.15) is 5.82 Å². The molecule has 5 heteroatoms.